The van der Waals surface area contributed by atoms with E-state index in [0.29, 0.717) is 29.9 Å². The quantitative estimate of drug-likeness (QED) is 0.897. The summed E-state index contributed by atoms with van der Waals surface area (Å²) >= 11 is 1.61. The van der Waals surface area contributed by atoms with Crippen LogP contribution in [0.5, 0.6) is 0 Å². The van der Waals surface area contributed by atoms with Gasteiger partial charge in [-0.3, -0.25) is 9.59 Å². The van der Waals surface area contributed by atoms with Crippen LogP contribution in [-0.4, -0.2) is 29.8 Å². The lowest BCUT2D eigenvalue weighted by molar-refractivity contribution is 0.0773. The molecule has 0 aliphatic carbocycles. The van der Waals surface area contributed by atoms with Crippen molar-refractivity contribution in [3.05, 3.63) is 51.2 Å². The van der Waals surface area contributed by atoms with Crippen molar-refractivity contribution < 1.29 is 9.59 Å². The molecule has 5 heteroatoms. The van der Waals surface area contributed by atoms with Crippen LogP contribution in [0.2, 0.25) is 0 Å². The molecule has 4 nitrogen and oxygen atoms in total. The fourth-order valence-electron chi connectivity index (χ4n) is 2.44. The van der Waals surface area contributed by atoms with E-state index in [9.17, 15) is 9.59 Å². The SMILES string of the molecule is CCN(CC)C(=O)c1ccc(NC(=O)c2cc(C)sc2C)cc1. The first-order valence-electron chi connectivity index (χ1n) is 7.74. The van der Waals surface area contributed by atoms with Crippen LogP contribution < -0.4 is 5.32 Å². The number of benzene rings is 1. The number of thiophene rings is 1. The molecule has 1 aromatic carbocycles. The number of aryl methyl sites for hydroxylation is 2. The maximum atomic E-state index is 12.3. The Morgan fingerprint density at radius 1 is 1.09 bits per heavy atom. The van der Waals surface area contributed by atoms with Crippen molar-refractivity contribution in [2.24, 2.45) is 0 Å². The van der Waals surface area contributed by atoms with Crippen LogP contribution in [0.15, 0.2) is 30.3 Å². The highest BCUT2D eigenvalue weighted by Gasteiger charge is 2.14. The van der Waals surface area contributed by atoms with E-state index >= 15 is 0 Å². The predicted octanol–water partition coefficient (Wildman–Crippen LogP) is 4.10. The minimum Gasteiger partial charge on any atom is -0.339 e. The van der Waals surface area contributed by atoms with Crippen LogP contribution in [0.4, 0.5) is 5.69 Å². The number of hydrogen-bond acceptors (Lipinski definition) is 3. The van der Waals surface area contributed by atoms with Crippen LogP contribution in [-0.2, 0) is 0 Å². The molecular weight excluding hydrogens is 308 g/mol. The molecule has 1 aromatic heterocycles. The van der Waals surface area contributed by atoms with Crippen molar-refractivity contribution in [1.29, 1.82) is 0 Å². The molecule has 0 spiro atoms. The minimum absolute atomic E-state index is 0.0113. The van der Waals surface area contributed by atoms with Crippen molar-refractivity contribution in [3.63, 3.8) is 0 Å². The molecule has 1 heterocycles. The standard InChI is InChI=1S/C18H22N2O2S/c1-5-20(6-2)18(22)14-7-9-15(10-8-14)19-17(21)16-11-12(3)23-13(16)4/h7-11H,5-6H2,1-4H3,(H,19,21). The van der Waals surface area contributed by atoms with Gasteiger partial charge >= 0.3 is 0 Å². The van der Waals surface area contributed by atoms with Gasteiger partial charge in [-0.05, 0) is 58.0 Å². The van der Waals surface area contributed by atoms with Gasteiger partial charge in [-0.25, -0.2) is 0 Å². The second-order valence-corrected chi connectivity index (χ2v) is 6.80. The maximum Gasteiger partial charge on any atom is 0.256 e. The summed E-state index contributed by atoms with van der Waals surface area (Å²) in [5, 5.41) is 2.88. The molecule has 0 radical (unpaired) electrons. The molecule has 2 amide bonds. The van der Waals surface area contributed by atoms with Crippen LogP contribution >= 0.6 is 11.3 Å². The molecule has 0 aliphatic heterocycles. The molecule has 0 fully saturated rings. The van der Waals surface area contributed by atoms with Crippen LogP contribution in [0.1, 0.15) is 44.3 Å². The van der Waals surface area contributed by atoms with Gasteiger partial charge in [0.15, 0.2) is 0 Å². The first-order chi connectivity index (χ1) is 11.0. The average molecular weight is 330 g/mol. The molecule has 0 unspecified atom stereocenters. The van der Waals surface area contributed by atoms with Crippen LogP contribution in [0.3, 0.4) is 0 Å². The Balaban J connectivity index is 2.09. The highest BCUT2D eigenvalue weighted by molar-refractivity contribution is 7.12. The molecule has 2 aromatic rings. The van der Waals surface area contributed by atoms with E-state index in [-0.39, 0.29) is 11.8 Å². The van der Waals surface area contributed by atoms with Crippen molar-refractivity contribution in [2.75, 3.05) is 18.4 Å². The van der Waals surface area contributed by atoms with Gasteiger partial charge in [0.05, 0.1) is 5.56 Å². The van der Waals surface area contributed by atoms with Crippen LogP contribution in [0, 0.1) is 13.8 Å². The number of carbonyl (C=O) groups excluding carboxylic acids is 2. The number of carbonyl (C=O) groups is 2. The lowest BCUT2D eigenvalue weighted by Crippen LogP contribution is -2.30. The second kappa shape index (κ2) is 7.42. The van der Waals surface area contributed by atoms with Crippen molar-refractivity contribution >= 4 is 28.8 Å². The topological polar surface area (TPSA) is 49.4 Å². The van der Waals surface area contributed by atoms with E-state index in [2.05, 4.69) is 5.32 Å². The molecule has 122 valence electrons. The Labute approximate surface area is 141 Å². The van der Waals surface area contributed by atoms with E-state index in [4.69, 9.17) is 0 Å². The van der Waals surface area contributed by atoms with Crippen molar-refractivity contribution in [2.45, 2.75) is 27.7 Å². The molecule has 0 aliphatic rings. The van der Waals surface area contributed by atoms with Crippen LogP contribution in [0.25, 0.3) is 0 Å². The molecule has 0 saturated heterocycles. The van der Waals surface area contributed by atoms with Gasteiger partial charge < -0.3 is 10.2 Å². The number of nitrogens with zero attached hydrogens (tertiary/aromatic N) is 1. The van der Waals surface area contributed by atoms with E-state index in [1.54, 1.807) is 40.5 Å². The number of nitrogens with one attached hydrogen (secondary N) is 1. The number of rotatable bonds is 5. The number of anilines is 1. The Kier molecular flexibility index (Phi) is 5.55. The lowest BCUT2D eigenvalue weighted by atomic mass is 10.1. The zero-order valence-corrected chi connectivity index (χ0v) is 14.8. The first kappa shape index (κ1) is 17.2. The number of amides is 2. The Morgan fingerprint density at radius 3 is 2.17 bits per heavy atom. The number of hydrogen-bond donors (Lipinski definition) is 1. The largest absolute Gasteiger partial charge is 0.339 e. The summed E-state index contributed by atoms with van der Waals surface area (Å²) in [6, 6.07) is 8.93. The highest BCUT2D eigenvalue weighted by atomic mass is 32.1. The minimum atomic E-state index is -0.116. The third-order valence-corrected chi connectivity index (χ3v) is 4.69. The summed E-state index contributed by atoms with van der Waals surface area (Å²) in [5.41, 5.74) is 2.03. The third kappa shape index (κ3) is 3.99. The normalized spacial score (nSPS) is 10.4. The lowest BCUT2D eigenvalue weighted by Gasteiger charge is -2.18. The zero-order chi connectivity index (χ0) is 17.0. The summed E-state index contributed by atoms with van der Waals surface area (Å²) in [6.07, 6.45) is 0. The van der Waals surface area contributed by atoms with E-state index in [1.165, 1.54) is 0 Å². The summed E-state index contributed by atoms with van der Waals surface area (Å²) in [4.78, 5) is 28.4. The summed E-state index contributed by atoms with van der Waals surface area (Å²) in [5.74, 6) is -0.105. The van der Waals surface area contributed by atoms with Crippen molar-refractivity contribution in [3.8, 4) is 0 Å². The van der Waals surface area contributed by atoms with Gasteiger partial charge in [0.25, 0.3) is 11.8 Å². The maximum absolute atomic E-state index is 12.3. The summed E-state index contributed by atoms with van der Waals surface area (Å²) < 4.78 is 0. The molecule has 23 heavy (non-hydrogen) atoms. The van der Waals surface area contributed by atoms with Gasteiger partial charge in [0.2, 0.25) is 0 Å². The molecule has 1 N–H and O–H groups in total. The molecular formula is C18H22N2O2S. The smallest absolute Gasteiger partial charge is 0.256 e. The molecule has 0 bridgehead atoms. The Bertz CT molecular complexity index is 700. The third-order valence-electron chi connectivity index (χ3n) is 3.73. The monoisotopic (exact) mass is 330 g/mol. The average Bonchev–Trinajstić information content (AvgIpc) is 2.88. The van der Waals surface area contributed by atoms with E-state index in [1.807, 2.05) is 33.8 Å². The zero-order valence-electron chi connectivity index (χ0n) is 14.0. The summed E-state index contributed by atoms with van der Waals surface area (Å²) in [7, 11) is 0. The predicted molar refractivity (Wildman–Crippen MR) is 95.4 cm³/mol. The second-order valence-electron chi connectivity index (χ2n) is 5.34. The molecule has 2 rings (SSSR count). The van der Waals surface area contributed by atoms with Gasteiger partial charge in [-0.2, -0.15) is 0 Å². The fourth-order valence-corrected chi connectivity index (χ4v) is 3.37. The Morgan fingerprint density at radius 2 is 1.70 bits per heavy atom. The Hall–Kier alpha value is -2.14. The van der Waals surface area contributed by atoms with Gasteiger partial charge in [-0.15, -0.1) is 11.3 Å². The van der Waals surface area contributed by atoms with Gasteiger partial charge in [0, 0.05) is 34.1 Å². The fraction of sp³-hybridized carbons (Fsp3) is 0.333. The van der Waals surface area contributed by atoms with E-state index in [0.717, 1.165) is 9.75 Å². The summed E-state index contributed by atoms with van der Waals surface area (Å²) in [6.45, 7) is 9.22. The van der Waals surface area contributed by atoms with Gasteiger partial charge in [-0.1, -0.05) is 0 Å². The molecule has 0 saturated carbocycles. The molecule has 0 atom stereocenters. The van der Waals surface area contributed by atoms with Gasteiger partial charge in [0.1, 0.15) is 0 Å². The van der Waals surface area contributed by atoms with E-state index < -0.39 is 0 Å². The highest BCUT2D eigenvalue weighted by Crippen LogP contribution is 2.22. The van der Waals surface area contributed by atoms with Crippen molar-refractivity contribution in [1.82, 2.24) is 4.90 Å². The first-order valence-corrected chi connectivity index (χ1v) is 8.55.